The van der Waals surface area contributed by atoms with Crippen molar-refractivity contribution in [3.05, 3.63) is 23.8 Å². The van der Waals surface area contributed by atoms with Gasteiger partial charge in [0.25, 0.3) is 0 Å². The van der Waals surface area contributed by atoms with Crippen molar-refractivity contribution in [2.45, 2.75) is 38.6 Å². The summed E-state index contributed by atoms with van der Waals surface area (Å²) >= 11 is 0. The standard InChI is InChI=1S/C19H25N3O2/c1-12-3-4-13-8-15(19(23)22-17(13)7-12)11-21-16-6-5-14(10-20)18(9-16)24-2/h5-6,9,12-13,15,17,21H,3-4,7-8,11H2,1-2H3,(H,22,23). The third kappa shape index (κ3) is 3.48. The Balaban J connectivity index is 1.61. The molecule has 1 aliphatic carbocycles. The number of carbonyl (C=O) groups excluding carboxylic acids is 1. The molecular weight excluding hydrogens is 302 g/mol. The first-order valence-corrected chi connectivity index (χ1v) is 8.73. The normalized spacial score (nSPS) is 29.1. The molecule has 1 saturated heterocycles. The van der Waals surface area contributed by atoms with Crippen LogP contribution in [0.4, 0.5) is 5.69 Å². The Morgan fingerprint density at radius 1 is 1.38 bits per heavy atom. The Kier molecular flexibility index (Phi) is 4.94. The Morgan fingerprint density at radius 2 is 2.21 bits per heavy atom. The highest BCUT2D eigenvalue weighted by Crippen LogP contribution is 2.36. The van der Waals surface area contributed by atoms with Crippen molar-refractivity contribution in [3.8, 4) is 11.8 Å². The van der Waals surface area contributed by atoms with E-state index in [0.29, 0.717) is 35.7 Å². The number of carbonyl (C=O) groups is 1. The van der Waals surface area contributed by atoms with Crippen LogP contribution in [0, 0.1) is 29.1 Å². The number of methoxy groups -OCH3 is 1. The lowest BCUT2D eigenvalue weighted by Gasteiger charge is -2.41. The van der Waals surface area contributed by atoms with Gasteiger partial charge in [0, 0.05) is 24.3 Å². The van der Waals surface area contributed by atoms with Gasteiger partial charge < -0.3 is 15.4 Å². The Hall–Kier alpha value is -2.22. The van der Waals surface area contributed by atoms with E-state index in [0.717, 1.165) is 18.5 Å². The van der Waals surface area contributed by atoms with Crippen molar-refractivity contribution >= 4 is 11.6 Å². The van der Waals surface area contributed by atoms with Crippen molar-refractivity contribution in [2.75, 3.05) is 19.0 Å². The number of fused-ring (bicyclic) bond motifs is 1. The van der Waals surface area contributed by atoms with Crippen molar-refractivity contribution in [3.63, 3.8) is 0 Å². The van der Waals surface area contributed by atoms with E-state index < -0.39 is 0 Å². The quantitative estimate of drug-likeness (QED) is 0.892. The fourth-order valence-electron chi connectivity index (χ4n) is 3.99. The average Bonchev–Trinajstić information content (AvgIpc) is 2.59. The minimum Gasteiger partial charge on any atom is -0.495 e. The van der Waals surface area contributed by atoms with Gasteiger partial charge in [-0.25, -0.2) is 0 Å². The monoisotopic (exact) mass is 327 g/mol. The second-order valence-electron chi connectivity index (χ2n) is 7.13. The smallest absolute Gasteiger partial charge is 0.225 e. The molecule has 4 unspecified atom stereocenters. The summed E-state index contributed by atoms with van der Waals surface area (Å²) in [5.41, 5.74) is 1.38. The zero-order chi connectivity index (χ0) is 17.1. The van der Waals surface area contributed by atoms with E-state index in [4.69, 9.17) is 10.00 Å². The number of rotatable bonds is 4. The van der Waals surface area contributed by atoms with Gasteiger partial charge in [0.15, 0.2) is 0 Å². The number of benzene rings is 1. The molecule has 128 valence electrons. The molecule has 1 aromatic rings. The second-order valence-corrected chi connectivity index (χ2v) is 7.13. The summed E-state index contributed by atoms with van der Waals surface area (Å²) in [6, 6.07) is 7.87. The van der Waals surface area contributed by atoms with E-state index in [-0.39, 0.29) is 11.8 Å². The molecule has 3 rings (SSSR count). The molecule has 0 radical (unpaired) electrons. The van der Waals surface area contributed by atoms with E-state index in [1.165, 1.54) is 12.8 Å². The van der Waals surface area contributed by atoms with Crippen LogP contribution >= 0.6 is 0 Å². The van der Waals surface area contributed by atoms with E-state index in [1.54, 1.807) is 13.2 Å². The van der Waals surface area contributed by atoms with Gasteiger partial charge in [-0.2, -0.15) is 5.26 Å². The number of nitrogens with one attached hydrogen (secondary N) is 2. The van der Waals surface area contributed by atoms with Crippen LogP contribution in [0.15, 0.2) is 18.2 Å². The van der Waals surface area contributed by atoms with Crippen LogP contribution in [-0.2, 0) is 4.79 Å². The van der Waals surface area contributed by atoms with Gasteiger partial charge in [0.05, 0.1) is 18.6 Å². The highest BCUT2D eigenvalue weighted by atomic mass is 16.5. The molecule has 0 bridgehead atoms. The molecule has 0 aromatic heterocycles. The van der Waals surface area contributed by atoms with Gasteiger partial charge in [-0.3, -0.25) is 4.79 Å². The van der Waals surface area contributed by atoms with Crippen LogP contribution in [0.3, 0.4) is 0 Å². The van der Waals surface area contributed by atoms with Crippen LogP contribution < -0.4 is 15.4 Å². The number of nitriles is 1. The van der Waals surface area contributed by atoms with Crippen molar-refractivity contribution in [2.24, 2.45) is 17.8 Å². The predicted octanol–water partition coefficient (Wildman–Crippen LogP) is 2.92. The zero-order valence-electron chi connectivity index (χ0n) is 14.3. The van der Waals surface area contributed by atoms with Gasteiger partial charge in [-0.05, 0) is 43.2 Å². The SMILES string of the molecule is COc1cc(NCC2CC3CCC(C)CC3NC2=O)ccc1C#N. The van der Waals surface area contributed by atoms with Crippen LogP contribution in [-0.4, -0.2) is 25.6 Å². The van der Waals surface area contributed by atoms with Gasteiger partial charge in [-0.1, -0.05) is 13.3 Å². The first-order chi connectivity index (χ1) is 11.6. The lowest BCUT2D eigenvalue weighted by atomic mass is 9.72. The third-order valence-corrected chi connectivity index (χ3v) is 5.42. The molecular formula is C19H25N3O2. The summed E-state index contributed by atoms with van der Waals surface area (Å²) < 4.78 is 5.23. The summed E-state index contributed by atoms with van der Waals surface area (Å²) in [5, 5.41) is 15.6. The van der Waals surface area contributed by atoms with Crippen LogP contribution in [0.25, 0.3) is 0 Å². The predicted molar refractivity (Wildman–Crippen MR) is 92.7 cm³/mol. The van der Waals surface area contributed by atoms with E-state index in [1.807, 2.05) is 12.1 Å². The number of hydrogen-bond donors (Lipinski definition) is 2. The maximum absolute atomic E-state index is 12.4. The summed E-state index contributed by atoms with van der Waals surface area (Å²) in [4.78, 5) is 12.4. The molecule has 1 aliphatic heterocycles. The van der Waals surface area contributed by atoms with Gasteiger partial charge in [0.2, 0.25) is 5.91 Å². The molecule has 2 N–H and O–H groups in total. The number of hydrogen-bond acceptors (Lipinski definition) is 4. The summed E-state index contributed by atoms with van der Waals surface area (Å²) in [7, 11) is 1.55. The van der Waals surface area contributed by atoms with Gasteiger partial charge >= 0.3 is 0 Å². The van der Waals surface area contributed by atoms with E-state index in [9.17, 15) is 4.79 Å². The second kappa shape index (κ2) is 7.12. The number of ether oxygens (including phenoxy) is 1. The minimum absolute atomic E-state index is 0.00120. The largest absolute Gasteiger partial charge is 0.495 e. The topological polar surface area (TPSA) is 74.2 Å². The van der Waals surface area contributed by atoms with E-state index in [2.05, 4.69) is 23.6 Å². The molecule has 5 heteroatoms. The van der Waals surface area contributed by atoms with E-state index >= 15 is 0 Å². The Morgan fingerprint density at radius 3 is 2.96 bits per heavy atom. The number of anilines is 1. The van der Waals surface area contributed by atoms with Gasteiger partial charge in [0.1, 0.15) is 11.8 Å². The molecule has 1 heterocycles. The fourth-order valence-corrected chi connectivity index (χ4v) is 3.99. The molecule has 1 aromatic carbocycles. The molecule has 2 aliphatic rings. The average molecular weight is 327 g/mol. The highest BCUT2D eigenvalue weighted by molar-refractivity contribution is 5.80. The Labute approximate surface area is 143 Å². The third-order valence-electron chi connectivity index (χ3n) is 5.42. The number of piperidine rings is 1. The lowest BCUT2D eigenvalue weighted by Crippen LogP contribution is -2.53. The van der Waals surface area contributed by atoms with Crippen LogP contribution in [0.1, 0.15) is 38.2 Å². The molecule has 1 saturated carbocycles. The van der Waals surface area contributed by atoms with Crippen molar-refractivity contribution < 1.29 is 9.53 Å². The maximum Gasteiger partial charge on any atom is 0.225 e. The highest BCUT2D eigenvalue weighted by Gasteiger charge is 2.38. The first-order valence-electron chi connectivity index (χ1n) is 8.73. The summed E-state index contributed by atoms with van der Waals surface area (Å²) in [5.74, 6) is 2.05. The summed E-state index contributed by atoms with van der Waals surface area (Å²) in [6.07, 6.45) is 4.56. The van der Waals surface area contributed by atoms with Crippen LogP contribution in [0.5, 0.6) is 5.75 Å². The Bertz CT molecular complexity index is 653. The summed E-state index contributed by atoms with van der Waals surface area (Å²) in [6.45, 7) is 2.88. The molecule has 2 fully saturated rings. The van der Waals surface area contributed by atoms with Crippen molar-refractivity contribution in [1.29, 1.82) is 5.26 Å². The molecule has 4 atom stereocenters. The fraction of sp³-hybridized carbons (Fsp3) is 0.579. The maximum atomic E-state index is 12.4. The molecule has 0 spiro atoms. The molecule has 1 amide bonds. The van der Waals surface area contributed by atoms with Gasteiger partial charge in [-0.15, -0.1) is 0 Å². The zero-order valence-corrected chi connectivity index (χ0v) is 14.3. The first kappa shape index (κ1) is 16.6. The lowest BCUT2D eigenvalue weighted by molar-refractivity contribution is -0.129. The number of nitrogens with zero attached hydrogens (tertiary/aromatic N) is 1. The molecule has 24 heavy (non-hydrogen) atoms. The van der Waals surface area contributed by atoms with Crippen molar-refractivity contribution in [1.82, 2.24) is 5.32 Å². The minimum atomic E-state index is 0.00120. The number of amides is 1. The van der Waals surface area contributed by atoms with Crippen LogP contribution in [0.2, 0.25) is 0 Å². The molecule has 5 nitrogen and oxygen atoms in total.